The Morgan fingerprint density at radius 1 is 0.961 bits per heavy atom. The molecule has 4 aromatic carbocycles. The molecule has 1 heterocycles. The first-order valence-electron chi connectivity index (χ1n) is 18.4. The third kappa shape index (κ3) is 6.78. The summed E-state index contributed by atoms with van der Waals surface area (Å²) >= 11 is 0. The topological polar surface area (TPSA) is 93.4 Å². The zero-order valence-electron chi connectivity index (χ0n) is 30.5. The van der Waals surface area contributed by atoms with E-state index in [1.54, 1.807) is 11.6 Å². The van der Waals surface area contributed by atoms with Crippen LogP contribution in [0.15, 0.2) is 84.9 Å². The van der Waals surface area contributed by atoms with Gasteiger partial charge in [-0.05, 0) is 106 Å². The van der Waals surface area contributed by atoms with Crippen molar-refractivity contribution in [2.75, 3.05) is 6.61 Å². The number of amides is 1. The van der Waals surface area contributed by atoms with Crippen LogP contribution < -0.4 is 10.1 Å². The van der Waals surface area contributed by atoms with Gasteiger partial charge >= 0.3 is 5.97 Å². The zero-order chi connectivity index (χ0) is 35.9. The van der Waals surface area contributed by atoms with Crippen LogP contribution in [0.4, 0.5) is 0 Å². The van der Waals surface area contributed by atoms with Crippen molar-refractivity contribution >= 4 is 22.9 Å². The SMILES string of the molecule is CC(=O)NCc1ccc(-c2ccc3c(c2)nc(-c2cccc(OCC(=O)O)c2)n3C[C@]2(C)CCC[C@]3(C)c4ccc(C(C)C)cc4CCC23)cc1. The summed E-state index contributed by atoms with van der Waals surface area (Å²) in [6.45, 7) is 12.0. The van der Waals surface area contributed by atoms with Crippen molar-refractivity contribution in [2.45, 2.75) is 91.1 Å². The fourth-order valence-electron chi connectivity index (χ4n) is 9.15. The van der Waals surface area contributed by atoms with Crippen molar-refractivity contribution in [1.82, 2.24) is 14.9 Å². The lowest BCUT2D eigenvalue weighted by molar-refractivity contribution is -0.139. The molecule has 7 nitrogen and oxygen atoms in total. The minimum Gasteiger partial charge on any atom is -0.482 e. The number of hydrogen-bond acceptors (Lipinski definition) is 4. The lowest BCUT2D eigenvalue weighted by Crippen LogP contribution is -2.50. The van der Waals surface area contributed by atoms with E-state index in [4.69, 9.17) is 9.72 Å². The summed E-state index contributed by atoms with van der Waals surface area (Å²) in [4.78, 5) is 28.0. The number of ether oxygens (including phenoxy) is 1. The molecule has 2 aliphatic rings. The standard InChI is InChI=1S/C44H49N3O4/c1-28(2)32-14-17-37-34(22-32)16-19-40-43(4,20-7-21-44(37,40)5)27-47-39-18-15-33(31-12-10-30(11-13-31)25-45-29(3)48)24-38(39)46-42(47)35-8-6-9-36(23-35)51-26-41(49)50/h6,8-15,17-18,22-24,28,40H,7,16,19-21,25-27H2,1-5H3,(H,45,48)(H,49,50)/t40?,43-,44+/m0/s1. The maximum Gasteiger partial charge on any atom is 0.341 e. The Morgan fingerprint density at radius 3 is 2.49 bits per heavy atom. The van der Waals surface area contributed by atoms with E-state index in [1.807, 2.05) is 18.2 Å². The molecule has 1 amide bonds. The number of imidazole rings is 1. The van der Waals surface area contributed by atoms with Crippen LogP contribution in [0.25, 0.3) is 33.5 Å². The number of carbonyl (C=O) groups excluding carboxylic acids is 1. The Kier molecular flexibility index (Phi) is 9.25. The van der Waals surface area contributed by atoms with Crippen LogP contribution >= 0.6 is 0 Å². The van der Waals surface area contributed by atoms with Gasteiger partial charge in [0.1, 0.15) is 11.6 Å². The molecular weight excluding hydrogens is 635 g/mol. The molecule has 1 aromatic heterocycles. The lowest BCUT2D eigenvalue weighted by Gasteiger charge is -2.56. The molecular formula is C44H49N3O4. The first-order chi connectivity index (χ1) is 24.4. The summed E-state index contributed by atoms with van der Waals surface area (Å²) in [6.07, 6.45) is 5.81. The van der Waals surface area contributed by atoms with Gasteiger partial charge in [0.2, 0.25) is 5.91 Å². The highest BCUT2D eigenvalue weighted by atomic mass is 16.5. The van der Waals surface area contributed by atoms with Crippen LogP contribution in [0.3, 0.4) is 0 Å². The predicted octanol–water partition coefficient (Wildman–Crippen LogP) is 9.30. The third-order valence-electron chi connectivity index (χ3n) is 11.7. The van der Waals surface area contributed by atoms with E-state index in [9.17, 15) is 14.7 Å². The fourth-order valence-corrected chi connectivity index (χ4v) is 9.15. The van der Waals surface area contributed by atoms with Gasteiger partial charge in [0.05, 0.1) is 11.0 Å². The van der Waals surface area contributed by atoms with E-state index in [0.717, 1.165) is 58.5 Å². The summed E-state index contributed by atoms with van der Waals surface area (Å²) < 4.78 is 8.02. The highest BCUT2D eigenvalue weighted by molar-refractivity contribution is 5.86. The van der Waals surface area contributed by atoms with Gasteiger partial charge in [-0.2, -0.15) is 0 Å². The summed E-state index contributed by atoms with van der Waals surface area (Å²) in [5.74, 6) is 1.35. The van der Waals surface area contributed by atoms with E-state index < -0.39 is 12.6 Å². The van der Waals surface area contributed by atoms with Crippen molar-refractivity contribution in [3.63, 3.8) is 0 Å². The Hall–Kier alpha value is -4.91. The highest BCUT2D eigenvalue weighted by Crippen LogP contribution is 2.58. The Labute approximate surface area is 301 Å². The van der Waals surface area contributed by atoms with Gasteiger partial charge in [0.15, 0.2) is 6.61 Å². The van der Waals surface area contributed by atoms with Gasteiger partial charge in [0, 0.05) is 25.6 Å². The number of nitrogens with zero attached hydrogens (tertiary/aromatic N) is 2. The second-order valence-electron chi connectivity index (χ2n) is 15.6. The molecule has 0 saturated heterocycles. The molecule has 7 heteroatoms. The van der Waals surface area contributed by atoms with Gasteiger partial charge in [-0.3, -0.25) is 4.79 Å². The smallest absolute Gasteiger partial charge is 0.341 e. The van der Waals surface area contributed by atoms with E-state index in [0.29, 0.717) is 24.1 Å². The second kappa shape index (κ2) is 13.7. The number of aryl methyl sites for hydroxylation is 1. The molecule has 7 rings (SSSR count). The van der Waals surface area contributed by atoms with Crippen LogP contribution in [0.5, 0.6) is 5.75 Å². The molecule has 0 bridgehead atoms. The normalized spacial score (nSPS) is 21.3. The first kappa shape index (κ1) is 34.5. The second-order valence-corrected chi connectivity index (χ2v) is 15.6. The number of carboxylic acids is 1. The number of nitrogens with one attached hydrogen (secondary N) is 1. The number of benzene rings is 4. The summed E-state index contributed by atoms with van der Waals surface area (Å²) in [5, 5.41) is 12.1. The van der Waals surface area contributed by atoms with Crippen molar-refractivity contribution in [1.29, 1.82) is 0 Å². The van der Waals surface area contributed by atoms with Crippen molar-refractivity contribution in [3.05, 3.63) is 107 Å². The average Bonchev–Trinajstić information content (AvgIpc) is 3.46. The molecule has 2 aliphatic carbocycles. The minimum absolute atomic E-state index is 0.0314. The number of fused-ring (bicyclic) bond motifs is 4. The molecule has 5 aromatic rings. The molecule has 1 unspecified atom stereocenters. The number of carbonyl (C=O) groups is 2. The summed E-state index contributed by atoms with van der Waals surface area (Å²) in [5.41, 5.74) is 10.7. The Morgan fingerprint density at radius 2 is 1.75 bits per heavy atom. The number of rotatable bonds is 10. The van der Waals surface area contributed by atoms with Gasteiger partial charge < -0.3 is 19.7 Å². The third-order valence-corrected chi connectivity index (χ3v) is 11.7. The van der Waals surface area contributed by atoms with Crippen molar-refractivity contribution < 1.29 is 19.4 Å². The Bertz CT molecular complexity index is 2100. The van der Waals surface area contributed by atoms with E-state index in [1.165, 1.54) is 37.3 Å². The fraction of sp³-hybridized carbons (Fsp3) is 0.386. The molecule has 51 heavy (non-hydrogen) atoms. The maximum atomic E-state index is 11.4. The van der Waals surface area contributed by atoms with Crippen molar-refractivity contribution in [3.8, 4) is 28.3 Å². The monoisotopic (exact) mass is 683 g/mol. The largest absolute Gasteiger partial charge is 0.482 e. The van der Waals surface area contributed by atoms with Crippen LogP contribution in [0, 0.1) is 11.3 Å². The first-order valence-corrected chi connectivity index (χ1v) is 18.4. The van der Waals surface area contributed by atoms with Gasteiger partial charge in [0.25, 0.3) is 0 Å². The summed E-state index contributed by atoms with van der Waals surface area (Å²) in [6, 6.07) is 29.8. The van der Waals surface area contributed by atoms with E-state index >= 15 is 0 Å². The van der Waals surface area contributed by atoms with E-state index in [-0.39, 0.29) is 16.7 Å². The number of aromatic nitrogens is 2. The molecule has 264 valence electrons. The lowest BCUT2D eigenvalue weighted by atomic mass is 9.49. The number of carboxylic acid groups (broad SMARTS) is 1. The zero-order valence-corrected chi connectivity index (χ0v) is 30.5. The molecule has 0 spiro atoms. The Balaban J connectivity index is 1.28. The van der Waals surface area contributed by atoms with Gasteiger partial charge in [-0.25, -0.2) is 9.78 Å². The maximum absolute atomic E-state index is 11.4. The molecule has 1 saturated carbocycles. The van der Waals surface area contributed by atoms with Gasteiger partial charge in [-0.15, -0.1) is 0 Å². The number of aliphatic carboxylic acids is 1. The van der Waals surface area contributed by atoms with Crippen LogP contribution in [-0.4, -0.2) is 33.1 Å². The predicted molar refractivity (Wildman–Crippen MR) is 203 cm³/mol. The van der Waals surface area contributed by atoms with Gasteiger partial charge in [-0.1, -0.05) is 94.8 Å². The van der Waals surface area contributed by atoms with Crippen LogP contribution in [-0.2, 0) is 34.5 Å². The van der Waals surface area contributed by atoms with E-state index in [2.05, 4.69) is 98.2 Å². The van der Waals surface area contributed by atoms with Crippen molar-refractivity contribution in [2.24, 2.45) is 11.3 Å². The average molecular weight is 684 g/mol. The molecule has 0 aliphatic heterocycles. The molecule has 0 radical (unpaired) electrons. The van der Waals surface area contributed by atoms with Crippen LogP contribution in [0.2, 0.25) is 0 Å². The summed E-state index contributed by atoms with van der Waals surface area (Å²) in [7, 11) is 0. The quantitative estimate of drug-likeness (QED) is 0.153. The molecule has 1 fully saturated rings. The molecule has 3 atom stereocenters. The molecule has 2 N–H and O–H groups in total. The highest BCUT2D eigenvalue weighted by Gasteiger charge is 2.52. The minimum atomic E-state index is -1.01. The van der Waals surface area contributed by atoms with Crippen LogP contribution in [0.1, 0.15) is 88.5 Å². The number of hydrogen-bond donors (Lipinski definition) is 2.